The first-order valence-electron chi connectivity index (χ1n) is 30.8. The predicted octanol–water partition coefficient (Wildman–Crippen LogP) is 17.4. The molecule has 0 N–H and O–H groups in total. The summed E-state index contributed by atoms with van der Waals surface area (Å²) >= 11 is 0. The first-order chi connectivity index (χ1) is 42.3. The zero-order chi connectivity index (χ0) is 74.2. The van der Waals surface area contributed by atoms with E-state index in [1.54, 1.807) is 34.2 Å². The van der Waals surface area contributed by atoms with E-state index >= 15 is 0 Å². The molecule has 0 heterocycles. The second-order valence-corrected chi connectivity index (χ2v) is 56.9. The number of alkyl halides is 12. The summed E-state index contributed by atoms with van der Waals surface area (Å²) in [5.41, 5.74) is 1.48. The van der Waals surface area contributed by atoms with Crippen LogP contribution in [-0.2, 0) is 93.4 Å². The van der Waals surface area contributed by atoms with Crippen molar-refractivity contribution in [2.45, 2.75) is 244 Å². The Labute approximate surface area is 580 Å². The first-order valence-corrected chi connectivity index (χ1v) is 53.6. The van der Waals surface area contributed by atoms with Gasteiger partial charge < -0.3 is 53.1 Å². The van der Waals surface area contributed by atoms with Gasteiger partial charge in [0.05, 0.1) is 33.0 Å². The molecule has 0 saturated carbocycles. The molecular weight excluding hydrogens is 1600 g/mol. The fraction of sp³-hybridized carbons (Fsp3) is 0.759. The van der Waals surface area contributed by atoms with Crippen LogP contribution in [0.3, 0.4) is 0 Å². The number of carbonyl (C=O) groups excluding carboxylic acids is 4. The summed E-state index contributed by atoms with van der Waals surface area (Å²) in [6.45, 7) is 52.0. The van der Waals surface area contributed by atoms with Crippen LogP contribution in [0.2, 0.25) is 122 Å². The Morgan fingerprint density at radius 2 is 0.674 bits per heavy atom. The molecule has 0 aromatic heterocycles. The summed E-state index contributed by atoms with van der Waals surface area (Å²) in [5.74, 6) is -1.57. The van der Waals surface area contributed by atoms with Gasteiger partial charge in [-0.1, -0.05) is 58.1 Å². The van der Waals surface area contributed by atoms with Crippen LogP contribution in [0.5, 0.6) is 0 Å². The third kappa shape index (κ3) is 51.6. The second-order valence-electron chi connectivity index (χ2n) is 26.2. The van der Waals surface area contributed by atoms with Gasteiger partial charge in [0, 0.05) is 50.0 Å². The van der Waals surface area contributed by atoms with Crippen LogP contribution in [0.25, 0.3) is 0 Å². The van der Waals surface area contributed by atoms with E-state index in [4.69, 9.17) is 43.6 Å². The smallest absolute Gasteiger partial charge is 0.423 e. The predicted molar refractivity (Wildman–Crippen MR) is 359 cm³/mol. The van der Waals surface area contributed by atoms with Gasteiger partial charge in [0.1, 0.15) is 0 Å². The van der Waals surface area contributed by atoms with Crippen LogP contribution in [0, 0.1) is 0 Å². The van der Waals surface area contributed by atoms with Crippen molar-refractivity contribution < 1.29 is 146 Å². The molecule has 16 nitrogen and oxygen atoms in total. The minimum atomic E-state index is -5.59. The summed E-state index contributed by atoms with van der Waals surface area (Å²) in [7, 11) is -18.9. The minimum Gasteiger partial charge on any atom is -0.462 e. The van der Waals surface area contributed by atoms with E-state index in [0.29, 0.717) is 60.8 Å². The largest absolute Gasteiger partial charge is 0.462 e. The van der Waals surface area contributed by atoms with E-state index in [9.17, 15) is 71.9 Å². The zero-order valence-electron chi connectivity index (χ0n) is 58.9. The second kappa shape index (κ2) is 45.0. The van der Waals surface area contributed by atoms with Gasteiger partial charge in [-0.25, -0.2) is 19.2 Å². The monoisotopic (exact) mass is 1710 g/mol. The van der Waals surface area contributed by atoms with Crippen LogP contribution >= 0.6 is 0 Å². The summed E-state index contributed by atoms with van der Waals surface area (Å²) < 4.78 is 216. The fourth-order valence-corrected chi connectivity index (χ4v) is 45.3. The van der Waals surface area contributed by atoms with E-state index in [2.05, 4.69) is 88.2 Å². The van der Waals surface area contributed by atoms with Gasteiger partial charge in [-0.2, -0.15) is 52.7 Å². The minimum absolute atomic E-state index is 0. The molecule has 0 bridgehead atoms. The van der Waals surface area contributed by atoms with Gasteiger partial charge >= 0.3 is 74.3 Å². The molecule has 0 aromatic rings. The van der Waals surface area contributed by atoms with E-state index < -0.39 is 130 Å². The van der Waals surface area contributed by atoms with E-state index in [-0.39, 0.29) is 58.7 Å². The Kier molecular flexibility index (Phi) is 47.0. The van der Waals surface area contributed by atoms with Crippen LogP contribution < -0.4 is 0 Å². The quantitative estimate of drug-likeness (QED) is 0.0107. The topological polar surface area (TPSA) is 179 Å². The van der Waals surface area contributed by atoms with Crippen molar-refractivity contribution in [2.24, 2.45) is 0 Å². The van der Waals surface area contributed by atoms with Crippen molar-refractivity contribution in [1.82, 2.24) is 0 Å². The Morgan fingerprint density at radius 3 is 0.968 bits per heavy atom. The maximum atomic E-state index is 13.0. The number of ether oxygens (including phenoxy) is 6. The molecule has 0 spiro atoms. The maximum Gasteiger partial charge on any atom is 0.423 e. The van der Waals surface area contributed by atoms with Crippen molar-refractivity contribution in [3.63, 3.8) is 0 Å². The molecular formula is C58H108F12O16PtSi8. The molecule has 0 saturated heterocycles. The van der Waals surface area contributed by atoms with E-state index in [0.717, 1.165) is 56.3 Å². The average Bonchev–Trinajstić information content (AvgIpc) is 0.831. The molecule has 2 unspecified atom stereocenters. The van der Waals surface area contributed by atoms with Gasteiger partial charge in [0.15, 0.2) is 33.3 Å². The average molecular weight is 1710 g/mol. The molecule has 0 aromatic carbocycles. The normalized spacial score (nSPS) is 13.8. The number of esters is 4. The zero-order valence-corrected chi connectivity index (χ0v) is 69.3. The van der Waals surface area contributed by atoms with E-state index in [1.807, 2.05) is 39.3 Å². The first kappa shape index (κ1) is 99.2. The third-order valence-electron chi connectivity index (χ3n) is 12.6. The Bertz CT molecular complexity index is 2340. The molecule has 0 radical (unpaired) electrons. The molecule has 0 aliphatic heterocycles. The summed E-state index contributed by atoms with van der Waals surface area (Å²) in [5, 5.41) is 0. The van der Waals surface area contributed by atoms with Crippen molar-refractivity contribution in [3.05, 3.63) is 61.3 Å². The molecule has 37 heteroatoms. The number of rotatable bonds is 44. The van der Waals surface area contributed by atoms with Crippen LogP contribution in [0.4, 0.5) is 52.7 Å². The summed E-state index contributed by atoms with van der Waals surface area (Å²) in [6.07, 6.45) is -22.8. The van der Waals surface area contributed by atoms with Gasteiger partial charge in [-0.3, -0.25) is 0 Å². The van der Waals surface area contributed by atoms with Crippen molar-refractivity contribution in [2.75, 3.05) is 39.6 Å². The van der Waals surface area contributed by atoms with Gasteiger partial charge in [-0.05, 0) is 182 Å². The molecule has 0 fully saturated rings. The number of halogens is 12. The van der Waals surface area contributed by atoms with Crippen molar-refractivity contribution in [1.29, 1.82) is 0 Å². The van der Waals surface area contributed by atoms with Gasteiger partial charge in [0.2, 0.25) is 12.2 Å². The molecule has 2 atom stereocenters. The Hall–Kier alpha value is -2.16. The third-order valence-corrected chi connectivity index (χ3v) is 43.5. The van der Waals surface area contributed by atoms with Crippen LogP contribution in [-0.4, -0.2) is 169 Å². The molecule has 0 amide bonds. The van der Waals surface area contributed by atoms with Gasteiger partial charge in [0.25, 0.3) is 9.28 Å². The van der Waals surface area contributed by atoms with Crippen LogP contribution in [0.15, 0.2) is 61.3 Å². The fourth-order valence-electron chi connectivity index (χ4n) is 8.96. The van der Waals surface area contributed by atoms with Crippen molar-refractivity contribution in [3.8, 4) is 0 Å². The number of unbranched alkanes of at least 4 members (excludes halogenated alkanes) is 4. The molecule has 0 aliphatic carbocycles. The van der Waals surface area contributed by atoms with Gasteiger partial charge in [-0.15, -0.1) is 6.58 Å². The SMILES string of the molecule is C=C(C)C(=O)OCCCC[Si](C)(C)O[SiH](C)O[Si](C)(C)O[Si](C)(C)CCCCOC(=O)C(=C)C.C=C(C)C(=O)OCCCC[Si](C)(C)O[Si](C)(C)O[Si](C)(CCCOC(C(F)(F)F)C(F)(F)F)O[Si](C)(C)CCCCOC(=O)C(=C)C.C=CCOC(C(F)(F)F)C(F)(F)F.[Pt]. The summed E-state index contributed by atoms with van der Waals surface area (Å²) in [6, 6.07) is 3.49. The van der Waals surface area contributed by atoms with Crippen molar-refractivity contribution >= 4 is 92.1 Å². The molecule has 95 heavy (non-hydrogen) atoms. The number of hydrogen-bond acceptors (Lipinski definition) is 16. The number of hydrogen-bond donors (Lipinski definition) is 0. The summed E-state index contributed by atoms with van der Waals surface area (Å²) in [4.78, 5) is 46.1. The Balaban J connectivity index is -0.000000749. The number of carbonyl (C=O) groups is 4. The van der Waals surface area contributed by atoms with E-state index in [1.165, 1.54) is 0 Å². The Morgan fingerprint density at radius 1 is 0.389 bits per heavy atom. The molecule has 0 aliphatic rings. The molecule has 0 rings (SSSR count). The maximum absolute atomic E-state index is 13.0. The standard InChI is InChI=1S/C29H54F6O8Si4.C23H48O7Si4.C6H6F6O.Pt/c1-23(2)25(36)38-17-12-14-20-44(5,6)41-46(9,10)43-47(11,22-16-19-40-27(28(30,31)32)29(33,34)35)42-45(7,8)21-15-13-18-39-26(37)24(3)4;1-20(2)22(24)26-16-12-14-18-32(6,7)28-31(5)29-34(10,11)30-33(8,9)19-15-13-17-27-23(25)21(3)4;1-2-3-13-4(5(7,8)9)6(10,11)12;/h27H,1,3,12-22H2,2,4-11H3;31H,1,3,12-19H2,2,4-11H3;2,4H,1,3H2;. The van der Waals surface area contributed by atoms with Crippen LogP contribution in [0.1, 0.15) is 85.5 Å². The molecule has 562 valence electrons.